The van der Waals surface area contributed by atoms with Gasteiger partial charge in [0.05, 0.1) is 6.04 Å². The molecule has 112 valence electrons. The van der Waals surface area contributed by atoms with Gasteiger partial charge in [-0.25, -0.2) is 4.39 Å². The van der Waals surface area contributed by atoms with Gasteiger partial charge in [-0.3, -0.25) is 4.90 Å². The smallest absolute Gasteiger partial charge is 0.128 e. The molecule has 20 heavy (non-hydrogen) atoms. The van der Waals surface area contributed by atoms with Crippen molar-refractivity contribution in [1.29, 1.82) is 0 Å². The predicted molar refractivity (Wildman–Crippen MR) is 81.5 cm³/mol. The standard InChI is InChI=1S/C15H23ClFN3/c1-3-12-10-20(7-6-19(12)2)15(9-18)13-8-11(16)4-5-14(13)17/h4-5,8,12,15H,3,6-7,9-10,18H2,1-2H3. The molecule has 1 heterocycles. The Balaban J connectivity index is 2.21. The fourth-order valence-electron chi connectivity index (χ4n) is 2.94. The van der Waals surface area contributed by atoms with Gasteiger partial charge in [-0.2, -0.15) is 0 Å². The van der Waals surface area contributed by atoms with Gasteiger partial charge in [-0.1, -0.05) is 18.5 Å². The number of piperazine rings is 1. The maximum absolute atomic E-state index is 14.1. The monoisotopic (exact) mass is 299 g/mol. The minimum atomic E-state index is -0.225. The summed E-state index contributed by atoms with van der Waals surface area (Å²) in [5.41, 5.74) is 6.52. The van der Waals surface area contributed by atoms with Crippen LogP contribution in [0.25, 0.3) is 0 Å². The van der Waals surface area contributed by atoms with E-state index in [2.05, 4.69) is 23.8 Å². The van der Waals surface area contributed by atoms with Crippen molar-refractivity contribution in [2.45, 2.75) is 25.4 Å². The number of rotatable bonds is 4. The number of nitrogens with two attached hydrogens (primary N) is 1. The molecule has 1 aromatic rings. The van der Waals surface area contributed by atoms with E-state index in [1.807, 2.05) is 0 Å². The third-order valence-electron chi connectivity index (χ3n) is 4.26. The number of hydrogen-bond donors (Lipinski definition) is 1. The average molecular weight is 300 g/mol. The lowest BCUT2D eigenvalue weighted by atomic mass is 10.0. The Bertz CT molecular complexity index is 455. The highest BCUT2D eigenvalue weighted by atomic mass is 35.5. The molecule has 0 radical (unpaired) electrons. The highest BCUT2D eigenvalue weighted by molar-refractivity contribution is 6.30. The van der Waals surface area contributed by atoms with Crippen LogP contribution < -0.4 is 5.73 Å². The quantitative estimate of drug-likeness (QED) is 0.927. The van der Waals surface area contributed by atoms with Crippen molar-refractivity contribution in [3.05, 3.63) is 34.6 Å². The van der Waals surface area contributed by atoms with Crippen molar-refractivity contribution >= 4 is 11.6 Å². The lowest BCUT2D eigenvalue weighted by molar-refractivity contribution is 0.0633. The van der Waals surface area contributed by atoms with Gasteiger partial charge in [-0.05, 0) is 31.7 Å². The van der Waals surface area contributed by atoms with E-state index in [4.69, 9.17) is 17.3 Å². The van der Waals surface area contributed by atoms with E-state index in [9.17, 15) is 4.39 Å². The topological polar surface area (TPSA) is 32.5 Å². The van der Waals surface area contributed by atoms with Crippen molar-refractivity contribution in [1.82, 2.24) is 9.80 Å². The molecule has 2 atom stereocenters. The van der Waals surface area contributed by atoms with Crippen LogP contribution in [0, 0.1) is 5.82 Å². The Hall–Kier alpha value is -0.680. The van der Waals surface area contributed by atoms with Crippen molar-refractivity contribution < 1.29 is 4.39 Å². The normalized spacial score (nSPS) is 22.9. The molecule has 2 N–H and O–H groups in total. The van der Waals surface area contributed by atoms with Gasteiger partial charge in [0, 0.05) is 42.8 Å². The lowest BCUT2D eigenvalue weighted by Gasteiger charge is -2.42. The minimum Gasteiger partial charge on any atom is -0.329 e. The number of benzene rings is 1. The van der Waals surface area contributed by atoms with Crippen LogP contribution in [0.15, 0.2) is 18.2 Å². The van der Waals surface area contributed by atoms with Crippen molar-refractivity contribution in [2.75, 3.05) is 33.2 Å². The summed E-state index contributed by atoms with van der Waals surface area (Å²) < 4.78 is 14.1. The first-order valence-electron chi connectivity index (χ1n) is 7.16. The summed E-state index contributed by atoms with van der Waals surface area (Å²) in [6, 6.07) is 5.10. The van der Waals surface area contributed by atoms with Crippen LogP contribution in [0.5, 0.6) is 0 Å². The molecule has 3 nitrogen and oxygen atoms in total. The summed E-state index contributed by atoms with van der Waals surface area (Å²) in [5.74, 6) is -0.225. The molecule has 0 aliphatic carbocycles. The largest absolute Gasteiger partial charge is 0.329 e. The van der Waals surface area contributed by atoms with Gasteiger partial charge in [-0.15, -0.1) is 0 Å². The minimum absolute atomic E-state index is 0.101. The maximum Gasteiger partial charge on any atom is 0.128 e. The third-order valence-corrected chi connectivity index (χ3v) is 4.50. The van der Waals surface area contributed by atoms with Gasteiger partial charge in [0.1, 0.15) is 5.82 Å². The molecule has 1 aliphatic heterocycles. The van der Waals surface area contributed by atoms with E-state index < -0.39 is 0 Å². The molecule has 1 aliphatic rings. The second-order valence-electron chi connectivity index (χ2n) is 5.45. The third kappa shape index (κ3) is 3.31. The van der Waals surface area contributed by atoms with Crippen LogP contribution in [0.4, 0.5) is 4.39 Å². The Morgan fingerprint density at radius 1 is 1.45 bits per heavy atom. The molecule has 0 aromatic heterocycles. The van der Waals surface area contributed by atoms with Crippen LogP contribution in [0.2, 0.25) is 5.02 Å². The highest BCUT2D eigenvalue weighted by Crippen LogP contribution is 2.27. The average Bonchev–Trinajstić information content (AvgIpc) is 2.45. The first kappa shape index (κ1) is 15.7. The molecule has 1 fully saturated rings. The van der Waals surface area contributed by atoms with Gasteiger partial charge >= 0.3 is 0 Å². The van der Waals surface area contributed by atoms with Crippen LogP contribution in [-0.2, 0) is 0 Å². The molecule has 2 rings (SSSR count). The molecular weight excluding hydrogens is 277 g/mol. The summed E-state index contributed by atoms with van der Waals surface area (Å²) in [5, 5.41) is 0.556. The van der Waals surface area contributed by atoms with Crippen LogP contribution >= 0.6 is 11.6 Å². The lowest BCUT2D eigenvalue weighted by Crippen LogP contribution is -2.53. The van der Waals surface area contributed by atoms with Gasteiger partial charge in [0.2, 0.25) is 0 Å². The SMILES string of the molecule is CCC1CN(C(CN)c2cc(Cl)ccc2F)CCN1C. The van der Waals surface area contributed by atoms with Crippen molar-refractivity contribution in [2.24, 2.45) is 5.73 Å². The Kier molecular flexibility index (Phi) is 5.38. The molecule has 5 heteroatoms. The predicted octanol–water partition coefficient (Wildman–Crippen LogP) is 2.50. The Morgan fingerprint density at radius 3 is 2.85 bits per heavy atom. The van der Waals surface area contributed by atoms with Crippen molar-refractivity contribution in [3.63, 3.8) is 0 Å². The van der Waals surface area contributed by atoms with Gasteiger partial charge in [0.25, 0.3) is 0 Å². The maximum atomic E-state index is 14.1. The summed E-state index contributed by atoms with van der Waals surface area (Å²) in [4.78, 5) is 4.64. The fourth-order valence-corrected chi connectivity index (χ4v) is 3.12. The van der Waals surface area contributed by atoms with Crippen LogP contribution in [-0.4, -0.2) is 49.1 Å². The summed E-state index contributed by atoms with van der Waals surface area (Å²) in [6.07, 6.45) is 1.09. The molecule has 1 aromatic carbocycles. The molecule has 0 amide bonds. The summed E-state index contributed by atoms with van der Waals surface area (Å²) in [7, 11) is 2.14. The summed E-state index contributed by atoms with van der Waals surface area (Å²) in [6.45, 7) is 5.39. The molecular formula is C15H23ClFN3. The number of halogens is 2. The van der Waals surface area contributed by atoms with Gasteiger partial charge < -0.3 is 10.6 Å². The van der Waals surface area contributed by atoms with E-state index in [1.54, 1.807) is 12.1 Å². The Labute approximate surface area is 125 Å². The second kappa shape index (κ2) is 6.85. The van der Waals surface area contributed by atoms with E-state index in [0.717, 1.165) is 26.1 Å². The molecule has 0 bridgehead atoms. The Morgan fingerprint density at radius 2 is 2.20 bits per heavy atom. The van der Waals surface area contributed by atoms with E-state index in [1.165, 1.54) is 6.07 Å². The molecule has 0 spiro atoms. The number of hydrogen-bond acceptors (Lipinski definition) is 3. The van der Waals surface area contributed by atoms with E-state index in [-0.39, 0.29) is 11.9 Å². The summed E-state index contributed by atoms with van der Waals surface area (Å²) >= 11 is 6.00. The fraction of sp³-hybridized carbons (Fsp3) is 0.600. The zero-order valence-electron chi connectivity index (χ0n) is 12.1. The zero-order chi connectivity index (χ0) is 14.7. The molecule has 2 unspecified atom stereocenters. The highest BCUT2D eigenvalue weighted by Gasteiger charge is 2.29. The van der Waals surface area contributed by atoms with Crippen LogP contribution in [0.3, 0.4) is 0 Å². The zero-order valence-corrected chi connectivity index (χ0v) is 12.9. The van der Waals surface area contributed by atoms with Crippen LogP contribution in [0.1, 0.15) is 24.9 Å². The number of nitrogens with zero attached hydrogens (tertiary/aromatic N) is 2. The first-order chi connectivity index (χ1) is 9.56. The van der Waals surface area contributed by atoms with E-state index in [0.29, 0.717) is 23.2 Å². The number of likely N-dealkylation sites (N-methyl/N-ethyl adjacent to an activating group) is 1. The van der Waals surface area contributed by atoms with E-state index >= 15 is 0 Å². The molecule has 0 saturated carbocycles. The van der Waals surface area contributed by atoms with Gasteiger partial charge in [0.15, 0.2) is 0 Å². The second-order valence-corrected chi connectivity index (χ2v) is 5.89. The molecule has 1 saturated heterocycles. The first-order valence-corrected chi connectivity index (χ1v) is 7.54. The van der Waals surface area contributed by atoms with Crippen molar-refractivity contribution in [3.8, 4) is 0 Å².